The second-order valence-electron chi connectivity index (χ2n) is 3.98. The van der Waals surface area contributed by atoms with Crippen LogP contribution in [0, 0.1) is 5.92 Å². The van der Waals surface area contributed by atoms with Gasteiger partial charge in [0.25, 0.3) is 0 Å². The maximum absolute atomic E-state index is 5.87. The number of benzene rings is 1. The highest BCUT2D eigenvalue weighted by molar-refractivity contribution is 6.30. The molecule has 1 aliphatic heterocycles. The molecule has 0 aromatic heterocycles. The van der Waals surface area contributed by atoms with Crippen LogP contribution in [0.4, 0.5) is 0 Å². The lowest BCUT2D eigenvalue weighted by atomic mass is 9.87. The molecular weight excluding hydrogens is 194 g/mol. The minimum atomic E-state index is 0.678. The average Bonchev–Trinajstić information content (AvgIpc) is 2.67. The molecule has 76 valence electrons. The van der Waals surface area contributed by atoms with Crippen LogP contribution >= 0.6 is 11.6 Å². The predicted octanol–water partition coefficient (Wildman–Crippen LogP) is 3.05. The molecule has 0 amide bonds. The molecule has 0 unspecified atom stereocenters. The number of halogens is 1. The Balaban J connectivity index is 2.17. The van der Waals surface area contributed by atoms with Crippen molar-refractivity contribution in [2.45, 2.75) is 19.3 Å². The van der Waals surface area contributed by atoms with Gasteiger partial charge in [-0.05, 0) is 30.2 Å². The van der Waals surface area contributed by atoms with Crippen LogP contribution in [0.1, 0.15) is 24.8 Å². The standard InChI is InChI=1S/C12H16ClN/c1-2-9-7-14-8-12(9)10-3-5-11(13)6-4-10/h3-6,9,12,14H,2,7-8H2,1H3/t9-,12+/m0/s1. The van der Waals surface area contributed by atoms with Crippen molar-refractivity contribution in [3.05, 3.63) is 34.9 Å². The second kappa shape index (κ2) is 4.33. The van der Waals surface area contributed by atoms with Gasteiger partial charge in [0.05, 0.1) is 0 Å². The molecule has 1 aliphatic rings. The van der Waals surface area contributed by atoms with Gasteiger partial charge < -0.3 is 5.32 Å². The highest BCUT2D eigenvalue weighted by Crippen LogP contribution is 2.30. The van der Waals surface area contributed by atoms with Gasteiger partial charge in [0.1, 0.15) is 0 Å². The lowest BCUT2D eigenvalue weighted by Gasteiger charge is -2.16. The fourth-order valence-electron chi connectivity index (χ4n) is 2.26. The Kier molecular flexibility index (Phi) is 3.09. The van der Waals surface area contributed by atoms with Gasteiger partial charge in [-0.3, -0.25) is 0 Å². The van der Waals surface area contributed by atoms with Crippen molar-refractivity contribution >= 4 is 11.6 Å². The summed E-state index contributed by atoms with van der Waals surface area (Å²) in [6.07, 6.45) is 1.25. The summed E-state index contributed by atoms with van der Waals surface area (Å²) in [5.74, 6) is 1.47. The summed E-state index contributed by atoms with van der Waals surface area (Å²) >= 11 is 5.87. The summed E-state index contributed by atoms with van der Waals surface area (Å²) in [6.45, 7) is 4.53. The summed E-state index contributed by atoms with van der Waals surface area (Å²) < 4.78 is 0. The minimum Gasteiger partial charge on any atom is -0.316 e. The average molecular weight is 210 g/mol. The SMILES string of the molecule is CC[C@H]1CNC[C@H]1c1ccc(Cl)cc1. The Morgan fingerprint density at radius 1 is 1.29 bits per heavy atom. The van der Waals surface area contributed by atoms with Gasteiger partial charge in [-0.25, -0.2) is 0 Å². The van der Waals surface area contributed by atoms with Crippen LogP contribution in [0.2, 0.25) is 5.02 Å². The molecule has 1 heterocycles. The number of hydrogen-bond acceptors (Lipinski definition) is 1. The Bertz CT molecular complexity index is 294. The molecule has 2 heteroatoms. The lowest BCUT2D eigenvalue weighted by Crippen LogP contribution is -2.09. The quantitative estimate of drug-likeness (QED) is 0.790. The van der Waals surface area contributed by atoms with E-state index in [2.05, 4.69) is 24.4 Å². The summed E-state index contributed by atoms with van der Waals surface area (Å²) in [5, 5.41) is 4.28. The minimum absolute atomic E-state index is 0.678. The zero-order valence-corrected chi connectivity index (χ0v) is 9.22. The third-order valence-electron chi connectivity index (χ3n) is 3.16. The highest BCUT2D eigenvalue weighted by Gasteiger charge is 2.26. The van der Waals surface area contributed by atoms with Crippen molar-refractivity contribution in [3.8, 4) is 0 Å². The maximum atomic E-state index is 5.87. The third-order valence-corrected chi connectivity index (χ3v) is 3.41. The van der Waals surface area contributed by atoms with Crippen molar-refractivity contribution in [2.24, 2.45) is 5.92 Å². The molecule has 1 nitrogen and oxygen atoms in total. The third kappa shape index (κ3) is 1.94. The van der Waals surface area contributed by atoms with Crippen LogP contribution in [0.3, 0.4) is 0 Å². The topological polar surface area (TPSA) is 12.0 Å². The monoisotopic (exact) mass is 209 g/mol. The summed E-state index contributed by atoms with van der Waals surface area (Å²) in [7, 11) is 0. The van der Waals surface area contributed by atoms with Crippen LogP contribution < -0.4 is 5.32 Å². The molecule has 0 radical (unpaired) electrons. The van der Waals surface area contributed by atoms with Crippen LogP contribution in [0.25, 0.3) is 0 Å². The molecule has 1 fully saturated rings. The van der Waals surface area contributed by atoms with Crippen LogP contribution in [0.15, 0.2) is 24.3 Å². The van der Waals surface area contributed by atoms with Crippen molar-refractivity contribution in [1.29, 1.82) is 0 Å². The van der Waals surface area contributed by atoms with E-state index in [9.17, 15) is 0 Å². The maximum Gasteiger partial charge on any atom is 0.0406 e. The first-order valence-electron chi connectivity index (χ1n) is 5.27. The highest BCUT2D eigenvalue weighted by atomic mass is 35.5. The van der Waals surface area contributed by atoms with E-state index in [-0.39, 0.29) is 0 Å². The van der Waals surface area contributed by atoms with Gasteiger partial charge >= 0.3 is 0 Å². The molecular formula is C12H16ClN. The van der Waals surface area contributed by atoms with Crippen LogP contribution in [-0.2, 0) is 0 Å². The van der Waals surface area contributed by atoms with Gasteiger partial charge in [0.15, 0.2) is 0 Å². The summed E-state index contributed by atoms with van der Waals surface area (Å²) in [5.41, 5.74) is 1.42. The summed E-state index contributed by atoms with van der Waals surface area (Å²) in [4.78, 5) is 0. The first-order valence-corrected chi connectivity index (χ1v) is 5.65. The molecule has 2 atom stereocenters. The predicted molar refractivity (Wildman–Crippen MR) is 60.8 cm³/mol. The molecule has 0 spiro atoms. The molecule has 0 aliphatic carbocycles. The number of rotatable bonds is 2. The van der Waals surface area contributed by atoms with E-state index in [0.717, 1.165) is 24.0 Å². The van der Waals surface area contributed by atoms with Crippen molar-refractivity contribution in [1.82, 2.24) is 5.32 Å². The van der Waals surface area contributed by atoms with Crippen molar-refractivity contribution in [2.75, 3.05) is 13.1 Å². The van der Waals surface area contributed by atoms with Gasteiger partial charge in [-0.15, -0.1) is 0 Å². The number of hydrogen-bond donors (Lipinski definition) is 1. The first kappa shape index (κ1) is 10.0. The fraction of sp³-hybridized carbons (Fsp3) is 0.500. The molecule has 1 aromatic carbocycles. The molecule has 1 saturated heterocycles. The fourth-order valence-corrected chi connectivity index (χ4v) is 2.39. The van der Waals surface area contributed by atoms with E-state index < -0.39 is 0 Å². The molecule has 0 bridgehead atoms. The Morgan fingerprint density at radius 2 is 2.00 bits per heavy atom. The van der Waals surface area contributed by atoms with Crippen molar-refractivity contribution in [3.63, 3.8) is 0 Å². The van der Waals surface area contributed by atoms with Gasteiger partial charge in [-0.1, -0.05) is 37.1 Å². The summed E-state index contributed by atoms with van der Waals surface area (Å²) in [6, 6.07) is 8.29. The zero-order chi connectivity index (χ0) is 9.97. The van der Waals surface area contributed by atoms with Crippen molar-refractivity contribution < 1.29 is 0 Å². The normalized spacial score (nSPS) is 26.7. The zero-order valence-electron chi connectivity index (χ0n) is 8.46. The molecule has 0 saturated carbocycles. The van der Waals surface area contributed by atoms with E-state index in [1.807, 2.05) is 12.1 Å². The van der Waals surface area contributed by atoms with Gasteiger partial charge in [-0.2, -0.15) is 0 Å². The van der Waals surface area contributed by atoms with Crippen LogP contribution in [-0.4, -0.2) is 13.1 Å². The van der Waals surface area contributed by atoms with E-state index in [0.29, 0.717) is 5.92 Å². The first-order chi connectivity index (χ1) is 6.81. The Hall–Kier alpha value is -0.530. The van der Waals surface area contributed by atoms with E-state index in [1.54, 1.807) is 0 Å². The molecule has 1 aromatic rings. The van der Waals surface area contributed by atoms with Crippen LogP contribution in [0.5, 0.6) is 0 Å². The molecule has 1 N–H and O–H groups in total. The van der Waals surface area contributed by atoms with Gasteiger partial charge in [0.2, 0.25) is 0 Å². The number of nitrogens with one attached hydrogen (secondary N) is 1. The molecule has 2 rings (SSSR count). The molecule has 14 heavy (non-hydrogen) atoms. The van der Waals surface area contributed by atoms with Gasteiger partial charge in [0, 0.05) is 17.5 Å². The van der Waals surface area contributed by atoms with E-state index in [4.69, 9.17) is 11.6 Å². The second-order valence-corrected chi connectivity index (χ2v) is 4.42. The smallest absolute Gasteiger partial charge is 0.0406 e. The lowest BCUT2D eigenvalue weighted by molar-refractivity contribution is 0.503. The Labute approximate surface area is 90.5 Å². The van der Waals surface area contributed by atoms with E-state index in [1.165, 1.54) is 12.0 Å². The van der Waals surface area contributed by atoms with E-state index >= 15 is 0 Å². The Morgan fingerprint density at radius 3 is 2.64 bits per heavy atom. The largest absolute Gasteiger partial charge is 0.316 e.